The minimum absolute atomic E-state index is 0.0839. The fourth-order valence-corrected chi connectivity index (χ4v) is 11.9. The van der Waals surface area contributed by atoms with Crippen molar-refractivity contribution in [3.63, 3.8) is 0 Å². The molecule has 3 atom stereocenters. The van der Waals surface area contributed by atoms with E-state index in [1.807, 2.05) is 0 Å². The van der Waals surface area contributed by atoms with Crippen LogP contribution in [-0.4, -0.2) is 29.2 Å². The molecule has 0 radical (unpaired) electrons. The summed E-state index contributed by atoms with van der Waals surface area (Å²) in [5.41, 5.74) is 1.57. The summed E-state index contributed by atoms with van der Waals surface area (Å²) < 4.78 is 5.50. The fourth-order valence-electron chi connectivity index (χ4n) is 5.13. The zero-order valence-corrected chi connectivity index (χ0v) is 22.2. The Hall–Kier alpha value is -2.44. The van der Waals surface area contributed by atoms with E-state index < -0.39 is 16.1 Å². The average molecular weight is 461 g/mol. The van der Waals surface area contributed by atoms with Crippen molar-refractivity contribution in [1.82, 2.24) is 0 Å². The summed E-state index contributed by atoms with van der Waals surface area (Å²) in [4.78, 5) is 13.5. The topological polar surface area (TPSA) is 26.3 Å². The Morgan fingerprint density at radius 1 is 0.688 bits per heavy atom. The van der Waals surface area contributed by atoms with Gasteiger partial charge in [0.05, 0.1) is 29.2 Å². The van der Waals surface area contributed by atoms with Crippen molar-refractivity contribution in [2.75, 3.05) is 7.11 Å². The van der Waals surface area contributed by atoms with E-state index in [-0.39, 0.29) is 23.0 Å². The van der Waals surface area contributed by atoms with E-state index in [0.29, 0.717) is 0 Å². The quantitative estimate of drug-likeness (QED) is 0.317. The number of methoxy groups -OCH3 is 1. The maximum absolute atomic E-state index is 13.5. The highest BCUT2D eigenvalue weighted by Gasteiger charge is 2.49. The zero-order valence-electron chi connectivity index (χ0n) is 20.2. The van der Waals surface area contributed by atoms with Gasteiger partial charge in [-0.1, -0.05) is 134 Å². The van der Waals surface area contributed by atoms with E-state index >= 15 is 0 Å². The second-order valence-corrected chi connectivity index (χ2v) is 19.5. The minimum Gasteiger partial charge on any atom is -0.469 e. The molecule has 3 aromatic carbocycles. The van der Waals surface area contributed by atoms with Crippen LogP contribution < -0.4 is 10.4 Å². The lowest BCUT2D eigenvalue weighted by Gasteiger charge is -2.44. The van der Waals surface area contributed by atoms with Gasteiger partial charge < -0.3 is 4.74 Å². The van der Waals surface area contributed by atoms with Crippen molar-refractivity contribution in [3.05, 3.63) is 96.6 Å². The highest BCUT2D eigenvalue weighted by molar-refractivity contribution is 6.92. The predicted molar refractivity (Wildman–Crippen MR) is 141 cm³/mol. The summed E-state index contributed by atoms with van der Waals surface area (Å²) in [7, 11) is -2.55. The third kappa shape index (κ3) is 4.81. The molecule has 32 heavy (non-hydrogen) atoms. The molecule has 3 rings (SSSR count). The Morgan fingerprint density at radius 3 is 1.53 bits per heavy atom. The van der Waals surface area contributed by atoms with Crippen molar-refractivity contribution < 1.29 is 9.53 Å². The summed E-state index contributed by atoms with van der Waals surface area (Å²) in [6.45, 7) is 11.9. The molecule has 0 fully saturated rings. The van der Waals surface area contributed by atoms with Gasteiger partial charge in [-0.3, -0.25) is 4.79 Å². The van der Waals surface area contributed by atoms with Crippen molar-refractivity contribution in [1.29, 1.82) is 0 Å². The smallest absolute Gasteiger partial charge is 0.308 e. The van der Waals surface area contributed by atoms with Crippen LogP contribution in [0.25, 0.3) is 0 Å². The molecule has 0 spiro atoms. The molecule has 0 saturated carbocycles. The molecule has 0 aliphatic rings. The van der Waals surface area contributed by atoms with Crippen LogP contribution in [0.4, 0.5) is 0 Å². The molecule has 0 aliphatic carbocycles. The molecule has 0 aromatic heterocycles. The third-order valence-electron chi connectivity index (χ3n) is 7.48. The van der Waals surface area contributed by atoms with Gasteiger partial charge >= 0.3 is 5.97 Å². The summed E-state index contributed by atoms with van der Waals surface area (Å²) >= 11 is 0. The number of ether oxygens (including phenoxy) is 1. The lowest BCUT2D eigenvalue weighted by Crippen LogP contribution is -2.56. The number of esters is 1. The van der Waals surface area contributed by atoms with Crippen molar-refractivity contribution >= 4 is 32.5 Å². The largest absolute Gasteiger partial charge is 0.469 e. The monoisotopic (exact) mass is 460 g/mol. The van der Waals surface area contributed by atoms with Gasteiger partial charge in [0.25, 0.3) is 0 Å². The van der Waals surface area contributed by atoms with Crippen LogP contribution in [0.1, 0.15) is 18.0 Å². The van der Waals surface area contributed by atoms with Crippen LogP contribution in [0.2, 0.25) is 31.7 Å². The molecule has 0 amide bonds. The van der Waals surface area contributed by atoms with Crippen LogP contribution in [0.3, 0.4) is 0 Å². The number of carbonyl (C=O) groups is 1. The molecular weight excluding hydrogens is 424 g/mol. The lowest BCUT2D eigenvalue weighted by atomic mass is 9.95. The molecule has 0 saturated heterocycles. The molecule has 0 bridgehead atoms. The van der Waals surface area contributed by atoms with Crippen molar-refractivity contribution in [2.24, 2.45) is 5.92 Å². The van der Waals surface area contributed by atoms with Crippen molar-refractivity contribution in [2.45, 2.75) is 44.2 Å². The highest BCUT2D eigenvalue weighted by Crippen LogP contribution is 2.44. The molecule has 0 N–H and O–H groups in total. The second kappa shape index (κ2) is 10.0. The van der Waals surface area contributed by atoms with Gasteiger partial charge in [0.2, 0.25) is 0 Å². The number of benzene rings is 3. The lowest BCUT2D eigenvalue weighted by molar-refractivity contribution is -0.145. The van der Waals surface area contributed by atoms with Crippen LogP contribution in [-0.2, 0) is 9.53 Å². The Balaban J connectivity index is 2.19. The first-order valence-corrected chi connectivity index (χ1v) is 17.6. The molecule has 0 unspecified atom stereocenters. The summed E-state index contributed by atoms with van der Waals surface area (Å²) in [6.07, 6.45) is 0. The fraction of sp³-hybridized carbons (Fsp3) is 0.321. The summed E-state index contributed by atoms with van der Waals surface area (Å²) in [5.74, 6) is -0.287. The minimum atomic E-state index is -2.11. The standard InChI is InChI=1S/C28H36O2Si2/c1-22(31(3,4)24-18-12-8-13-19-24)26(28(29)30-2)27(23-16-10-7-11-17-23)32(5,6)25-20-14-9-15-21-25/h7-22,26-27H,1-6H3/t22-,26+,27-/m1/s1. The van der Waals surface area contributed by atoms with Gasteiger partial charge in [-0.05, 0) is 16.6 Å². The first-order chi connectivity index (χ1) is 15.2. The number of hydrogen-bond donors (Lipinski definition) is 0. The summed E-state index contributed by atoms with van der Waals surface area (Å²) in [6, 6.07) is 32.2. The normalized spacial score (nSPS) is 14.9. The molecule has 3 aromatic rings. The molecule has 0 heterocycles. The Morgan fingerprint density at radius 2 is 1.09 bits per heavy atom. The van der Waals surface area contributed by atoms with Gasteiger partial charge in [-0.15, -0.1) is 0 Å². The molecular formula is C28H36O2Si2. The Labute approximate surface area is 195 Å². The first kappa shape index (κ1) is 24.2. The number of carbonyl (C=O) groups excluding carboxylic acids is 1. The molecule has 4 heteroatoms. The maximum atomic E-state index is 13.5. The van der Waals surface area contributed by atoms with E-state index in [1.54, 1.807) is 0 Å². The van der Waals surface area contributed by atoms with E-state index in [1.165, 1.54) is 23.0 Å². The number of rotatable bonds is 8. The van der Waals surface area contributed by atoms with Gasteiger partial charge in [-0.2, -0.15) is 0 Å². The van der Waals surface area contributed by atoms with E-state index in [0.717, 1.165) is 0 Å². The van der Waals surface area contributed by atoms with Crippen LogP contribution in [0.15, 0.2) is 91.0 Å². The maximum Gasteiger partial charge on any atom is 0.308 e. The van der Waals surface area contributed by atoms with Gasteiger partial charge in [0.1, 0.15) is 0 Å². The third-order valence-corrected chi connectivity index (χ3v) is 16.0. The van der Waals surface area contributed by atoms with Crippen LogP contribution in [0.5, 0.6) is 0 Å². The van der Waals surface area contributed by atoms with E-state index in [4.69, 9.17) is 4.74 Å². The SMILES string of the molecule is COC(=O)[C@@H]([C@@H](C)[Si](C)(C)c1ccccc1)[C@@H](c1ccccc1)[Si](C)(C)c1ccccc1. The van der Waals surface area contributed by atoms with Crippen molar-refractivity contribution in [3.8, 4) is 0 Å². The van der Waals surface area contributed by atoms with Crippen LogP contribution in [0, 0.1) is 5.92 Å². The molecule has 0 aliphatic heterocycles. The molecule has 2 nitrogen and oxygen atoms in total. The predicted octanol–water partition coefficient (Wildman–Crippen LogP) is 5.72. The van der Waals surface area contributed by atoms with Gasteiger partial charge in [0, 0.05) is 0 Å². The van der Waals surface area contributed by atoms with E-state index in [9.17, 15) is 4.79 Å². The van der Waals surface area contributed by atoms with E-state index in [2.05, 4.69) is 124 Å². The van der Waals surface area contributed by atoms with Gasteiger partial charge in [-0.25, -0.2) is 0 Å². The zero-order chi connectivity index (χ0) is 23.4. The highest BCUT2D eigenvalue weighted by atomic mass is 28.3. The number of hydrogen-bond acceptors (Lipinski definition) is 2. The van der Waals surface area contributed by atoms with Crippen LogP contribution >= 0.6 is 0 Å². The summed E-state index contributed by atoms with van der Waals surface area (Å²) in [5, 5.41) is 2.75. The second-order valence-electron chi connectivity index (χ2n) is 9.90. The first-order valence-electron chi connectivity index (χ1n) is 11.4. The van der Waals surface area contributed by atoms with Gasteiger partial charge in [0.15, 0.2) is 0 Å². The Bertz CT molecular complexity index is 1000. The molecule has 168 valence electrons. The average Bonchev–Trinajstić information content (AvgIpc) is 2.83. The Kier molecular flexibility index (Phi) is 7.57.